The fourth-order valence-electron chi connectivity index (χ4n) is 13.8. The summed E-state index contributed by atoms with van der Waals surface area (Å²) in [6, 6.07) is 10.3. The van der Waals surface area contributed by atoms with Crippen LogP contribution in [-0.2, 0) is 95.7 Å². The predicted molar refractivity (Wildman–Crippen MR) is 430 cm³/mol. The number of pyridine rings is 6. The van der Waals surface area contributed by atoms with Crippen LogP contribution in [0.5, 0.6) is 0 Å². The van der Waals surface area contributed by atoms with E-state index in [2.05, 4.69) is 29.9 Å². The molecule has 114 heavy (non-hydrogen) atoms. The molecule has 6 aliphatic carbocycles. The number of halogens is 6. The van der Waals surface area contributed by atoms with Gasteiger partial charge in [-0.1, -0.05) is 69.6 Å². The van der Waals surface area contributed by atoms with E-state index in [1.807, 2.05) is 83.1 Å². The van der Waals surface area contributed by atoms with Gasteiger partial charge in [0.25, 0.3) is 0 Å². The summed E-state index contributed by atoms with van der Waals surface area (Å²) in [5.74, 6) is -3.31. The molecular weight excluding hydrogens is 1590 g/mol. The summed E-state index contributed by atoms with van der Waals surface area (Å²) < 4.78 is 31.6. The summed E-state index contributed by atoms with van der Waals surface area (Å²) in [5, 5.41) is 43.1. The number of esters is 6. The highest BCUT2D eigenvalue weighted by molar-refractivity contribution is 6.31. The van der Waals surface area contributed by atoms with Crippen molar-refractivity contribution in [3.8, 4) is 0 Å². The Morgan fingerprint density at radius 2 is 0.474 bits per heavy atom. The van der Waals surface area contributed by atoms with E-state index in [9.17, 15) is 58.8 Å². The highest BCUT2D eigenvalue weighted by atomic mass is 35.5. The number of nitrogens with zero attached hydrogens (tertiary/aromatic N) is 6. The van der Waals surface area contributed by atoms with Crippen molar-refractivity contribution < 1.29 is 87.2 Å². The third kappa shape index (κ3) is 29.1. The lowest BCUT2D eigenvalue weighted by Gasteiger charge is -2.21. The Balaban J connectivity index is 0.000000189. The minimum absolute atomic E-state index is 0.0509. The van der Waals surface area contributed by atoms with Crippen LogP contribution in [0.15, 0.2) is 73.6 Å². The molecule has 4 N–H and O–H groups in total. The molecule has 0 fully saturated rings. The first-order valence-electron chi connectivity index (χ1n) is 37.5. The molecule has 0 saturated carbocycles. The second-order valence-corrected chi connectivity index (χ2v) is 37.4. The van der Waals surface area contributed by atoms with Gasteiger partial charge in [-0.05, 0) is 233 Å². The number of aliphatic hydroxyl groups is 4. The summed E-state index contributed by atoms with van der Waals surface area (Å²) in [7, 11) is 0. The molecule has 620 valence electrons. The van der Waals surface area contributed by atoms with E-state index in [1.54, 1.807) is 103 Å². The molecule has 6 aromatic rings. The smallest absolute Gasteiger partial charge is 0.307 e. The van der Waals surface area contributed by atoms with Crippen LogP contribution in [0.2, 0.25) is 30.9 Å². The summed E-state index contributed by atoms with van der Waals surface area (Å²) >= 11 is 34.9. The van der Waals surface area contributed by atoms with Gasteiger partial charge in [-0.25, -0.2) is 29.9 Å². The maximum Gasteiger partial charge on any atom is 0.307 e. The van der Waals surface area contributed by atoms with Crippen molar-refractivity contribution in [3.63, 3.8) is 0 Å². The second-order valence-electron chi connectivity index (χ2n) is 35.1. The summed E-state index contributed by atoms with van der Waals surface area (Å²) in [5.41, 5.74) is 6.67. The number of hydrogen-bond acceptors (Lipinski definition) is 24. The van der Waals surface area contributed by atoms with Crippen LogP contribution < -0.4 is 0 Å². The zero-order chi connectivity index (χ0) is 85.2. The molecule has 0 radical (unpaired) electrons. The minimum Gasteiger partial charge on any atom is -0.460 e. The SMILES string of the molecule is CC(C)(C)OC(=O)C[C@@H]1Cc2cc(Cl)ncc2C1=O.CC(C)(C)OC(=O)C[C@@H]1Cc2cc(Cl)ncc2C1=O.CC(C)(C)OC(=O)C[C@@H]1Cc2cc(Cl)ncc2[C@@H]1O.CC(C)(C)OC(=O)C[C@@H]1Cc2cc(Cl)ncc2[C@H]1O.CC(C)(C)OC(=O)C[C@H]1Cc2cc(Cl)ncc2[C@@H]1O.CC(C)(C)OC(=O)C[C@H]1Cc2cc(Cl)ncc2[C@H]1O. The molecule has 0 bridgehead atoms. The Morgan fingerprint density at radius 3 is 0.667 bits per heavy atom. The molecule has 0 unspecified atom stereocenters. The lowest BCUT2D eigenvalue weighted by Crippen LogP contribution is -2.26. The van der Waals surface area contributed by atoms with Crippen molar-refractivity contribution in [3.05, 3.63) is 171 Å². The molecule has 0 aliphatic heterocycles. The Kier molecular flexibility index (Phi) is 31.9. The van der Waals surface area contributed by atoms with E-state index in [1.165, 1.54) is 12.4 Å². The van der Waals surface area contributed by atoms with Gasteiger partial charge < -0.3 is 48.8 Å². The van der Waals surface area contributed by atoms with Gasteiger partial charge in [0.15, 0.2) is 11.6 Å². The van der Waals surface area contributed by atoms with Crippen molar-refractivity contribution >= 4 is 117 Å². The van der Waals surface area contributed by atoms with E-state index >= 15 is 0 Å². The third-order valence-electron chi connectivity index (χ3n) is 18.1. The summed E-state index contributed by atoms with van der Waals surface area (Å²) in [4.78, 5) is 119. The Bertz CT molecular complexity index is 4040. The second kappa shape index (κ2) is 38.8. The first-order chi connectivity index (χ1) is 52.6. The van der Waals surface area contributed by atoms with Crippen molar-refractivity contribution in [2.75, 3.05) is 0 Å². The van der Waals surface area contributed by atoms with E-state index < -0.39 is 58.0 Å². The fourth-order valence-corrected chi connectivity index (χ4v) is 14.9. The van der Waals surface area contributed by atoms with Crippen LogP contribution in [0, 0.1) is 35.5 Å². The molecule has 0 amide bonds. The van der Waals surface area contributed by atoms with Crippen LogP contribution in [0.4, 0.5) is 0 Å². The normalized spacial score (nSPS) is 20.9. The van der Waals surface area contributed by atoms with Crippen molar-refractivity contribution in [1.29, 1.82) is 0 Å². The van der Waals surface area contributed by atoms with Gasteiger partial charge in [0.05, 0.1) is 62.9 Å². The van der Waals surface area contributed by atoms with E-state index in [4.69, 9.17) is 98.0 Å². The highest BCUT2D eigenvalue weighted by Crippen LogP contribution is 2.43. The molecule has 24 nitrogen and oxygen atoms in total. The minimum atomic E-state index is -0.674. The molecule has 0 aromatic carbocycles. The standard InChI is InChI=1S/4C14H18ClNO3.2C14H16ClNO3/c6*1-14(2,3)19-12(17)6-9-4-8-5-11(15)16-7-10(8)13(9)18/h4*5,7,9,13,18H,4,6H2,1-3H3;2*5,7,9H,4,6H2,1-3H3/t2*9-,13+;2*9-,13-;2*9-/m101000/s1. The number of ketones is 2. The molecule has 0 spiro atoms. The van der Waals surface area contributed by atoms with Crippen molar-refractivity contribution in [2.24, 2.45) is 35.5 Å². The van der Waals surface area contributed by atoms with Crippen LogP contribution in [0.25, 0.3) is 0 Å². The Hall–Kier alpha value is -7.36. The lowest BCUT2D eigenvalue weighted by molar-refractivity contribution is -0.158. The molecule has 6 aliphatic rings. The van der Waals surface area contributed by atoms with Crippen LogP contribution in [0.1, 0.15) is 264 Å². The zero-order valence-electron chi connectivity index (χ0n) is 67.6. The Morgan fingerprint density at radius 1 is 0.298 bits per heavy atom. The monoisotopic (exact) mass is 1690 g/mol. The van der Waals surface area contributed by atoms with Gasteiger partial charge in [-0.15, -0.1) is 0 Å². The average molecular weight is 1700 g/mol. The van der Waals surface area contributed by atoms with Gasteiger partial charge in [0, 0.05) is 106 Å². The molecule has 10 atom stereocenters. The molecular formula is C84H104Cl6N6O18. The topological polar surface area (TPSA) is 350 Å². The molecule has 6 heterocycles. The van der Waals surface area contributed by atoms with Gasteiger partial charge >= 0.3 is 35.8 Å². The maximum absolute atomic E-state index is 12.1. The van der Waals surface area contributed by atoms with Gasteiger partial charge in [0.1, 0.15) is 64.5 Å². The highest BCUT2D eigenvalue weighted by Gasteiger charge is 2.41. The van der Waals surface area contributed by atoms with Crippen molar-refractivity contribution in [1.82, 2.24) is 29.9 Å². The first-order valence-corrected chi connectivity index (χ1v) is 39.8. The van der Waals surface area contributed by atoms with Crippen LogP contribution in [0.3, 0.4) is 0 Å². The number of aromatic nitrogens is 6. The fraction of sp³-hybridized carbons (Fsp3) is 0.548. The Labute approximate surface area is 696 Å². The molecule has 12 rings (SSSR count). The number of fused-ring (bicyclic) bond motifs is 6. The summed E-state index contributed by atoms with van der Waals surface area (Å²) in [6.45, 7) is 32.8. The van der Waals surface area contributed by atoms with Crippen molar-refractivity contribution in [2.45, 2.75) is 260 Å². The number of carbonyl (C=O) groups excluding carboxylic acids is 8. The third-order valence-corrected chi connectivity index (χ3v) is 19.4. The van der Waals surface area contributed by atoms with Crippen LogP contribution >= 0.6 is 69.6 Å². The molecule has 0 saturated heterocycles. The lowest BCUT2D eigenvalue weighted by atomic mass is 10.00. The molecule has 30 heteroatoms. The molecule has 6 aromatic heterocycles. The number of carbonyl (C=O) groups is 8. The van der Waals surface area contributed by atoms with E-state index in [-0.39, 0.29) is 121 Å². The quantitative estimate of drug-likeness (QED) is 0.0502. The largest absolute Gasteiger partial charge is 0.460 e. The zero-order valence-corrected chi connectivity index (χ0v) is 72.2. The van der Waals surface area contributed by atoms with Gasteiger partial charge in [-0.3, -0.25) is 38.4 Å². The summed E-state index contributed by atoms with van der Waals surface area (Å²) in [6.07, 6.45) is 11.1. The van der Waals surface area contributed by atoms with E-state index in [0.29, 0.717) is 80.6 Å². The number of ether oxygens (including phenoxy) is 6. The van der Waals surface area contributed by atoms with Gasteiger partial charge in [-0.2, -0.15) is 0 Å². The van der Waals surface area contributed by atoms with E-state index in [0.717, 1.165) is 55.6 Å². The number of rotatable bonds is 12. The first kappa shape index (κ1) is 93.8. The number of aliphatic hydroxyl groups excluding tert-OH is 4. The van der Waals surface area contributed by atoms with Crippen LogP contribution in [-0.4, -0.2) is 131 Å². The number of Topliss-reactive ketones (excluding diaryl/α,β-unsaturated/α-hetero) is 2. The maximum atomic E-state index is 12.1. The van der Waals surface area contributed by atoms with Gasteiger partial charge in [0.2, 0.25) is 0 Å². The predicted octanol–water partition coefficient (Wildman–Crippen LogP) is 16.3. The average Bonchev–Trinajstić information content (AvgIpc) is 1.70. The number of hydrogen-bond donors (Lipinski definition) is 4.